The highest BCUT2D eigenvalue weighted by molar-refractivity contribution is 5.90. The van der Waals surface area contributed by atoms with Crippen LogP contribution in [-0.4, -0.2) is 48.4 Å². The van der Waals surface area contributed by atoms with Crippen LogP contribution in [0.4, 0.5) is 0 Å². The maximum Gasteiger partial charge on any atom is 0.289 e. The summed E-state index contributed by atoms with van der Waals surface area (Å²) in [5, 5.41) is 0. The fourth-order valence-corrected chi connectivity index (χ4v) is 3.55. The highest BCUT2D eigenvalue weighted by atomic mass is 16.2. The van der Waals surface area contributed by atoms with Gasteiger partial charge in [0, 0.05) is 55.7 Å². The third-order valence-electron chi connectivity index (χ3n) is 4.80. The fraction of sp³-hybridized carbons (Fsp3) is 0.368. The third-order valence-corrected chi connectivity index (χ3v) is 4.80. The summed E-state index contributed by atoms with van der Waals surface area (Å²) in [6.45, 7) is 4.07. The molecule has 1 fully saturated rings. The van der Waals surface area contributed by atoms with Crippen molar-refractivity contribution in [3.05, 3.63) is 66.0 Å². The van der Waals surface area contributed by atoms with E-state index in [1.54, 1.807) is 12.4 Å². The van der Waals surface area contributed by atoms with Crippen molar-refractivity contribution in [3.63, 3.8) is 0 Å². The van der Waals surface area contributed by atoms with Crippen LogP contribution in [0.3, 0.4) is 0 Å². The molecule has 3 aromatic heterocycles. The smallest absolute Gasteiger partial charge is 0.289 e. The number of H-pyrrole nitrogens is 1. The molecule has 1 unspecified atom stereocenters. The van der Waals surface area contributed by atoms with Crippen molar-refractivity contribution in [2.24, 2.45) is 0 Å². The van der Waals surface area contributed by atoms with E-state index in [0.29, 0.717) is 12.4 Å². The van der Waals surface area contributed by atoms with Gasteiger partial charge in [0.05, 0.1) is 6.54 Å². The van der Waals surface area contributed by atoms with Crippen LogP contribution < -0.4 is 0 Å². The number of aromatic nitrogens is 5. The number of imidazole rings is 2. The SMILES string of the molecule is Cc1cnc(C(=O)N2CCCC(c3nccn3Cc3cccnc3)C2)[nH]1. The molecule has 0 bridgehead atoms. The second-order valence-electron chi connectivity index (χ2n) is 6.78. The summed E-state index contributed by atoms with van der Waals surface area (Å²) >= 11 is 0. The lowest BCUT2D eigenvalue weighted by atomic mass is 9.97. The van der Waals surface area contributed by atoms with Gasteiger partial charge in [-0.05, 0) is 31.4 Å². The zero-order valence-corrected chi connectivity index (χ0v) is 14.8. The summed E-state index contributed by atoms with van der Waals surface area (Å²) in [6.07, 6.45) is 11.2. The van der Waals surface area contributed by atoms with Gasteiger partial charge in [0.15, 0.2) is 5.82 Å². The summed E-state index contributed by atoms with van der Waals surface area (Å²) in [6, 6.07) is 4.00. The Morgan fingerprint density at radius 3 is 3.00 bits per heavy atom. The lowest BCUT2D eigenvalue weighted by Gasteiger charge is -2.32. The number of amides is 1. The number of likely N-dealkylation sites (tertiary alicyclic amines) is 1. The zero-order chi connectivity index (χ0) is 17.9. The Bertz CT molecular complexity index is 884. The second-order valence-corrected chi connectivity index (χ2v) is 6.78. The predicted octanol–water partition coefficient (Wildman–Crippen LogP) is 2.38. The van der Waals surface area contributed by atoms with E-state index < -0.39 is 0 Å². The molecule has 1 aliphatic rings. The van der Waals surface area contributed by atoms with Gasteiger partial charge in [-0.15, -0.1) is 0 Å². The van der Waals surface area contributed by atoms with Crippen LogP contribution in [0.1, 0.15) is 46.5 Å². The summed E-state index contributed by atoms with van der Waals surface area (Å²) < 4.78 is 2.16. The normalized spacial score (nSPS) is 17.4. The minimum absolute atomic E-state index is 0.0341. The number of pyridine rings is 1. The maximum absolute atomic E-state index is 12.7. The zero-order valence-electron chi connectivity index (χ0n) is 14.8. The maximum atomic E-state index is 12.7. The molecule has 7 heteroatoms. The van der Waals surface area contributed by atoms with E-state index in [-0.39, 0.29) is 11.8 Å². The molecule has 4 rings (SSSR count). The highest BCUT2D eigenvalue weighted by Crippen LogP contribution is 2.27. The van der Waals surface area contributed by atoms with E-state index >= 15 is 0 Å². The molecular weight excluding hydrogens is 328 g/mol. The Morgan fingerprint density at radius 2 is 2.23 bits per heavy atom. The van der Waals surface area contributed by atoms with Crippen molar-refractivity contribution in [1.29, 1.82) is 0 Å². The quantitative estimate of drug-likeness (QED) is 0.783. The van der Waals surface area contributed by atoms with Crippen LogP contribution >= 0.6 is 0 Å². The van der Waals surface area contributed by atoms with Gasteiger partial charge in [-0.2, -0.15) is 0 Å². The first kappa shape index (κ1) is 16.5. The van der Waals surface area contributed by atoms with E-state index in [9.17, 15) is 4.79 Å². The summed E-state index contributed by atoms with van der Waals surface area (Å²) in [7, 11) is 0. The molecule has 1 aliphatic heterocycles. The molecule has 1 atom stereocenters. The van der Waals surface area contributed by atoms with E-state index in [0.717, 1.165) is 43.0 Å². The number of aromatic amines is 1. The number of aryl methyl sites for hydroxylation is 1. The molecule has 3 aromatic rings. The van der Waals surface area contributed by atoms with Crippen molar-refractivity contribution >= 4 is 5.91 Å². The van der Waals surface area contributed by atoms with Crippen molar-refractivity contribution < 1.29 is 4.79 Å². The third kappa shape index (κ3) is 3.37. The first-order chi connectivity index (χ1) is 12.7. The molecule has 0 saturated carbocycles. The Kier molecular flexibility index (Phi) is 4.51. The molecule has 0 aliphatic carbocycles. The fourth-order valence-electron chi connectivity index (χ4n) is 3.55. The molecule has 7 nitrogen and oxygen atoms in total. The Labute approximate surface area is 152 Å². The number of rotatable bonds is 4. The lowest BCUT2D eigenvalue weighted by molar-refractivity contribution is 0.0692. The number of nitrogens with zero attached hydrogens (tertiary/aromatic N) is 5. The molecule has 0 aromatic carbocycles. The largest absolute Gasteiger partial charge is 0.338 e. The number of hydrogen-bond acceptors (Lipinski definition) is 4. The van der Waals surface area contributed by atoms with Crippen molar-refractivity contribution in [1.82, 2.24) is 29.4 Å². The first-order valence-electron chi connectivity index (χ1n) is 8.91. The molecule has 1 amide bonds. The van der Waals surface area contributed by atoms with Gasteiger partial charge >= 0.3 is 0 Å². The van der Waals surface area contributed by atoms with Crippen LogP contribution in [0, 0.1) is 6.92 Å². The van der Waals surface area contributed by atoms with Crippen LogP contribution in [0.5, 0.6) is 0 Å². The minimum Gasteiger partial charge on any atom is -0.338 e. The van der Waals surface area contributed by atoms with Crippen LogP contribution in [0.2, 0.25) is 0 Å². The van der Waals surface area contributed by atoms with E-state index in [1.807, 2.05) is 36.5 Å². The van der Waals surface area contributed by atoms with Crippen molar-refractivity contribution in [2.45, 2.75) is 32.2 Å². The minimum atomic E-state index is -0.0341. The number of carbonyl (C=O) groups is 1. The monoisotopic (exact) mass is 350 g/mol. The Hall–Kier alpha value is -2.96. The molecule has 0 radical (unpaired) electrons. The van der Waals surface area contributed by atoms with Gasteiger partial charge in [0.25, 0.3) is 5.91 Å². The molecule has 1 N–H and O–H groups in total. The average molecular weight is 350 g/mol. The van der Waals surface area contributed by atoms with E-state index in [4.69, 9.17) is 0 Å². The average Bonchev–Trinajstić information content (AvgIpc) is 3.31. The molecular formula is C19H22N6O. The Morgan fingerprint density at radius 1 is 1.31 bits per heavy atom. The lowest BCUT2D eigenvalue weighted by Crippen LogP contribution is -2.40. The highest BCUT2D eigenvalue weighted by Gasteiger charge is 2.29. The van der Waals surface area contributed by atoms with Crippen LogP contribution in [-0.2, 0) is 6.54 Å². The van der Waals surface area contributed by atoms with E-state index in [2.05, 4.69) is 30.6 Å². The van der Waals surface area contributed by atoms with Gasteiger partial charge < -0.3 is 14.5 Å². The summed E-state index contributed by atoms with van der Waals surface area (Å²) in [4.78, 5) is 30.6. The first-order valence-corrected chi connectivity index (χ1v) is 8.91. The van der Waals surface area contributed by atoms with Crippen molar-refractivity contribution in [3.8, 4) is 0 Å². The standard InChI is InChI=1S/C19H22N6O/c1-14-10-22-17(23-14)19(26)25-8-3-5-16(13-25)18-21-7-9-24(18)12-15-4-2-6-20-11-15/h2,4,6-7,9-11,16H,3,5,8,12-13H2,1H3,(H,22,23). The predicted molar refractivity (Wildman–Crippen MR) is 96.8 cm³/mol. The molecule has 0 spiro atoms. The van der Waals surface area contributed by atoms with Gasteiger partial charge in [0.1, 0.15) is 5.82 Å². The van der Waals surface area contributed by atoms with Gasteiger partial charge in [-0.1, -0.05) is 6.07 Å². The van der Waals surface area contributed by atoms with Crippen molar-refractivity contribution in [2.75, 3.05) is 13.1 Å². The number of nitrogens with one attached hydrogen (secondary N) is 1. The van der Waals surface area contributed by atoms with Crippen LogP contribution in [0.25, 0.3) is 0 Å². The van der Waals surface area contributed by atoms with Gasteiger partial charge in [-0.3, -0.25) is 9.78 Å². The molecule has 134 valence electrons. The Balaban J connectivity index is 1.50. The number of carbonyl (C=O) groups excluding carboxylic acids is 1. The second kappa shape index (κ2) is 7.11. The summed E-state index contributed by atoms with van der Waals surface area (Å²) in [5.74, 6) is 1.65. The summed E-state index contributed by atoms with van der Waals surface area (Å²) in [5.41, 5.74) is 2.04. The van der Waals surface area contributed by atoms with E-state index in [1.165, 1.54) is 0 Å². The molecule has 4 heterocycles. The topological polar surface area (TPSA) is 79.7 Å². The molecule has 26 heavy (non-hydrogen) atoms. The molecule has 1 saturated heterocycles. The van der Waals surface area contributed by atoms with Gasteiger partial charge in [0.2, 0.25) is 0 Å². The number of hydrogen-bond donors (Lipinski definition) is 1. The van der Waals surface area contributed by atoms with Crippen LogP contribution in [0.15, 0.2) is 43.1 Å². The number of piperidine rings is 1. The van der Waals surface area contributed by atoms with Gasteiger partial charge in [-0.25, -0.2) is 9.97 Å².